The Labute approximate surface area is 107 Å². The van der Waals surface area contributed by atoms with Crippen LogP contribution in [0.25, 0.3) is 11.5 Å². The summed E-state index contributed by atoms with van der Waals surface area (Å²) in [4.78, 5) is 9.70. The fourth-order valence-electron chi connectivity index (χ4n) is 1.78. The molecule has 90 valence electrons. The van der Waals surface area contributed by atoms with E-state index in [9.17, 15) is 0 Å². The number of halogens is 1. The molecule has 3 heterocycles. The molecule has 1 aliphatic heterocycles. The fraction of sp³-hybridized carbons (Fsp3) is 0.400. The second-order valence-corrected chi connectivity index (χ2v) is 4.73. The van der Waals surface area contributed by atoms with Crippen molar-refractivity contribution in [2.45, 2.75) is 0 Å². The molecule has 2 aromatic heterocycles. The van der Waals surface area contributed by atoms with Gasteiger partial charge in [-0.3, -0.25) is 5.10 Å². The van der Waals surface area contributed by atoms with Crippen molar-refractivity contribution in [3.8, 4) is 11.5 Å². The van der Waals surface area contributed by atoms with Gasteiger partial charge in [-0.05, 0) is 22.0 Å². The van der Waals surface area contributed by atoms with Crippen LogP contribution in [0.3, 0.4) is 0 Å². The van der Waals surface area contributed by atoms with Gasteiger partial charge in [0.1, 0.15) is 0 Å². The van der Waals surface area contributed by atoms with Gasteiger partial charge in [0.25, 0.3) is 0 Å². The smallest absolute Gasteiger partial charge is 0.245 e. The molecule has 2 N–H and O–H groups in total. The Morgan fingerprint density at radius 3 is 2.88 bits per heavy atom. The largest absolute Gasteiger partial charge is 0.378 e. The Balaban J connectivity index is 1.82. The zero-order chi connectivity index (χ0) is 11.7. The molecule has 0 spiro atoms. The number of rotatable bonds is 2. The predicted molar refractivity (Wildman–Crippen MR) is 66.9 cm³/mol. The van der Waals surface area contributed by atoms with E-state index in [0.29, 0.717) is 0 Å². The number of hydrogen-bond acceptors (Lipinski definition) is 4. The molecular formula is C10H12BrN5O. The molecule has 0 unspecified atom stereocenters. The Kier molecular flexibility index (Phi) is 2.86. The first-order valence-electron chi connectivity index (χ1n) is 5.42. The van der Waals surface area contributed by atoms with Gasteiger partial charge >= 0.3 is 0 Å². The Morgan fingerprint density at radius 2 is 2.18 bits per heavy atom. The highest BCUT2D eigenvalue weighted by Gasteiger charge is 2.16. The normalized spacial score (nSPS) is 16.4. The molecule has 7 heteroatoms. The van der Waals surface area contributed by atoms with Gasteiger partial charge < -0.3 is 14.6 Å². The summed E-state index contributed by atoms with van der Waals surface area (Å²) >= 11 is 3.39. The van der Waals surface area contributed by atoms with Crippen molar-refractivity contribution in [1.29, 1.82) is 0 Å². The van der Waals surface area contributed by atoms with Crippen LogP contribution in [-0.2, 0) is 4.74 Å². The van der Waals surface area contributed by atoms with Crippen molar-refractivity contribution in [3.05, 3.63) is 16.7 Å². The molecule has 0 amide bonds. The van der Waals surface area contributed by atoms with Gasteiger partial charge in [-0.1, -0.05) is 0 Å². The summed E-state index contributed by atoms with van der Waals surface area (Å²) in [5.74, 6) is 1.48. The van der Waals surface area contributed by atoms with Gasteiger partial charge in [-0.15, -0.1) is 5.10 Å². The Bertz CT molecular complexity index is 502. The van der Waals surface area contributed by atoms with Crippen molar-refractivity contribution in [3.63, 3.8) is 0 Å². The third-order valence-corrected chi connectivity index (χ3v) is 3.13. The molecule has 0 aliphatic carbocycles. The van der Waals surface area contributed by atoms with E-state index in [-0.39, 0.29) is 0 Å². The molecule has 6 nitrogen and oxygen atoms in total. The van der Waals surface area contributed by atoms with E-state index in [2.05, 4.69) is 41.0 Å². The summed E-state index contributed by atoms with van der Waals surface area (Å²) in [6, 6.07) is 1.96. The molecule has 2 aromatic rings. The highest BCUT2D eigenvalue weighted by Crippen LogP contribution is 2.20. The van der Waals surface area contributed by atoms with Gasteiger partial charge in [-0.2, -0.15) is 4.98 Å². The molecule has 1 aliphatic rings. The van der Waals surface area contributed by atoms with Crippen LogP contribution in [0.1, 0.15) is 0 Å². The number of hydrogen-bond donors (Lipinski definition) is 2. The van der Waals surface area contributed by atoms with Crippen LogP contribution in [0, 0.1) is 0 Å². The number of aromatic amines is 2. The minimum Gasteiger partial charge on any atom is -0.378 e. The summed E-state index contributed by atoms with van der Waals surface area (Å²) in [5.41, 5.74) is 0.920. The lowest BCUT2D eigenvalue weighted by molar-refractivity contribution is 0.122. The van der Waals surface area contributed by atoms with E-state index in [0.717, 1.165) is 48.2 Å². The van der Waals surface area contributed by atoms with E-state index in [4.69, 9.17) is 4.74 Å². The average molecular weight is 298 g/mol. The predicted octanol–water partition coefficient (Wildman–Crippen LogP) is 1.40. The summed E-state index contributed by atoms with van der Waals surface area (Å²) in [7, 11) is 0. The maximum Gasteiger partial charge on any atom is 0.245 e. The van der Waals surface area contributed by atoms with E-state index < -0.39 is 0 Å². The standard InChI is InChI=1S/C10H12BrN5O/c11-7-5-8(12-6-7)9-13-10(15-14-9)16-1-3-17-4-2-16/h5-6,12H,1-4H2,(H,13,14,15). The Hall–Kier alpha value is -1.34. The summed E-state index contributed by atoms with van der Waals surface area (Å²) in [6.07, 6.45) is 1.87. The van der Waals surface area contributed by atoms with Gasteiger partial charge in [0.15, 0.2) is 5.82 Å². The van der Waals surface area contributed by atoms with Crippen LogP contribution in [0.5, 0.6) is 0 Å². The SMILES string of the molecule is Brc1c[nH]c(-c2nc(N3CCOCC3)n[nH]2)c1. The lowest BCUT2D eigenvalue weighted by Crippen LogP contribution is -2.36. The molecule has 1 saturated heterocycles. The van der Waals surface area contributed by atoms with Crippen molar-refractivity contribution < 1.29 is 4.74 Å². The van der Waals surface area contributed by atoms with Crippen LogP contribution < -0.4 is 4.90 Å². The van der Waals surface area contributed by atoms with Crippen molar-refractivity contribution in [2.75, 3.05) is 31.2 Å². The summed E-state index contributed by atoms with van der Waals surface area (Å²) in [6.45, 7) is 3.15. The molecule has 0 bridgehead atoms. The second kappa shape index (κ2) is 4.50. The van der Waals surface area contributed by atoms with Gasteiger partial charge in [0.05, 0.1) is 18.9 Å². The zero-order valence-electron chi connectivity index (χ0n) is 9.11. The molecule has 17 heavy (non-hydrogen) atoms. The van der Waals surface area contributed by atoms with Crippen molar-refractivity contribution in [1.82, 2.24) is 20.2 Å². The lowest BCUT2D eigenvalue weighted by atomic mass is 10.4. The third-order valence-electron chi connectivity index (χ3n) is 2.67. The number of nitrogens with one attached hydrogen (secondary N) is 2. The fourth-order valence-corrected chi connectivity index (χ4v) is 2.13. The van der Waals surface area contributed by atoms with Gasteiger partial charge in [0, 0.05) is 23.8 Å². The Morgan fingerprint density at radius 1 is 1.35 bits per heavy atom. The molecule has 0 radical (unpaired) electrons. The van der Waals surface area contributed by atoms with Crippen LogP contribution >= 0.6 is 15.9 Å². The number of H-pyrrole nitrogens is 2. The van der Waals surface area contributed by atoms with E-state index >= 15 is 0 Å². The molecule has 1 fully saturated rings. The number of nitrogens with zero attached hydrogens (tertiary/aromatic N) is 3. The first-order chi connectivity index (χ1) is 8.33. The number of ether oxygens (including phenoxy) is 1. The van der Waals surface area contributed by atoms with Crippen LogP contribution in [0.4, 0.5) is 5.95 Å². The maximum absolute atomic E-state index is 5.30. The van der Waals surface area contributed by atoms with Gasteiger partial charge in [0.2, 0.25) is 5.95 Å². The monoisotopic (exact) mass is 297 g/mol. The first kappa shape index (κ1) is 10.8. The molecule has 0 aromatic carbocycles. The average Bonchev–Trinajstić information content (AvgIpc) is 2.98. The quantitative estimate of drug-likeness (QED) is 0.879. The lowest BCUT2D eigenvalue weighted by Gasteiger charge is -2.25. The second-order valence-electron chi connectivity index (χ2n) is 3.82. The van der Waals surface area contributed by atoms with E-state index in [1.165, 1.54) is 0 Å². The molecule has 0 saturated carbocycles. The van der Waals surface area contributed by atoms with Crippen molar-refractivity contribution >= 4 is 21.9 Å². The molecular weight excluding hydrogens is 286 g/mol. The zero-order valence-corrected chi connectivity index (χ0v) is 10.7. The third kappa shape index (κ3) is 2.20. The number of anilines is 1. The van der Waals surface area contributed by atoms with Gasteiger partial charge in [-0.25, -0.2) is 0 Å². The minimum absolute atomic E-state index is 0.731. The minimum atomic E-state index is 0.731. The van der Waals surface area contributed by atoms with E-state index in [1.807, 2.05) is 12.3 Å². The number of aromatic nitrogens is 4. The highest BCUT2D eigenvalue weighted by atomic mass is 79.9. The van der Waals surface area contributed by atoms with Crippen molar-refractivity contribution in [2.24, 2.45) is 0 Å². The summed E-state index contributed by atoms with van der Waals surface area (Å²) < 4.78 is 6.29. The van der Waals surface area contributed by atoms with Crippen LogP contribution in [0.15, 0.2) is 16.7 Å². The number of morpholine rings is 1. The molecule has 0 atom stereocenters. The topological polar surface area (TPSA) is 69.8 Å². The first-order valence-corrected chi connectivity index (χ1v) is 6.21. The van der Waals surface area contributed by atoms with Crippen LogP contribution in [-0.4, -0.2) is 46.5 Å². The highest BCUT2D eigenvalue weighted by molar-refractivity contribution is 9.10. The maximum atomic E-state index is 5.30. The summed E-state index contributed by atoms with van der Waals surface area (Å²) in [5, 5.41) is 7.16. The molecule has 3 rings (SSSR count). The van der Waals surface area contributed by atoms with Crippen LogP contribution in [0.2, 0.25) is 0 Å². The van der Waals surface area contributed by atoms with E-state index in [1.54, 1.807) is 0 Å².